The lowest BCUT2D eigenvalue weighted by atomic mass is 9.74. The molecular weight excluding hydrogens is 1440 g/mol. The Kier molecular flexibility index (Phi) is 37.0. The molecule has 3 fully saturated rings. The summed E-state index contributed by atoms with van der Waals surface area (Å²) in [6, 6.07) is 18.5. The summed E-state index contributed by atoms with van der Waals surface area (Å²) in [7, 11) is 9.09. The third-order valence-corrected chi connectivity index (χ3v) is 18.7. The molecule has 2 N–H and O–H groups in total. The van der Waals surface area contributed by atoms with Gasteiger partial charge >= 0.3 is 48.4 Å². The molecule has 0 heterocycles. The maximum absolute atomic E-state index is 13.2. The molecule has 6 atom stereocenters. The van der Waals surface area contributed by atoms with Crippen LogP contribution in [0.25, 0.3) is 0 Å². The minimum absolute atomic E-state index is 0. The molecule has 25 nitrogen and oxygen atoms in total. The number of ketones is 3. The van der Waals surface area contributed by atoms with Gasteiger partial charge in [0.1, 0.15) is 45.9 Å². The Balaban J connectivity index is 0.000000485. The van der Waals surface area contributed by atoms with Crippen molar-refractivity contribution in [3.05, 3.63) is 105 Å². The number of halogens is 5. The average molecular weight is 1550 g/mol. The molecule has 3 aliphatic carbocycles. The van der Waals surface area contributed by atoms with Crippen molar-refractivity contribution in [3.63, 3.8) is 0 Å². The van der Waals surface area contributed by atoms with Crippen LogP contribution in [0.1, 0.15) is 177 Å². The first-order valence-corrected chi connectivity index (χ1v) is 35.5. The van der Waals surface area contributed by atoms with E-state index in [1.165, 1.54) is 47.8 Å². The number of likely N-dealkylation sites (N-methyl/N-ethyl adjacent to an activating group) is 6. The fraction of sp³-hybridized carbons (Fsp3) is 0.603. The number of benzene rings is 3. The van der Waals surface area contributed by atoms with Crippen LogP contribution in [0.4, 0.5) is 24.0 Å². The van der Waals surface area contributed by atoms with Crippen molar-refractivity contribution < 1.29 is 91.0 Å². The second-order valence-corrected chi connectivity index (χ2v) is 29.4. The van der Waals surface area contributed by atoms with E-state index in [2.05, 4.69) is 5.32 Å². The molecule has 0 radical (unpaired) electrons. The molecule has 0 aromatic heterocycles. The topological polar surface area (TPSA) is 301 Å². The first-order valence-electron chi connectivity index (χ1n) is 33.8. The largest absolute Gasteiger partial charge is 0.480 e. The number of carboxylic acid groups (broad SMARTS) is 1. The van der Waals surface area contributed by atoms with Crippen molar-refractivity contribution in [1.82, 2.24) is 29.8 Å². The lowest BCUT2D eigenvalue weighted by Crippen LogP contribution is -2.54. The van der Waals surface area contributed by atoms with E-state index in [9.17, 15) is 52.7 Å². The average Bonchev–Trinajstić information content (AvgIpc) is 0.766. The molecule has 0 bridgehead atoms. The Bertz CT molecular complexity index is 3380. The van der Waals surface area contributed by atoms with Gasteiger partial charge in [0, 0.05) is 86.3 Å². The van der Waals surface area contributed by atoms with Crippen molar-refractivity contribution in [2.75, 3.05) is 61.9 Å². The summed E-state index contributed by atoms with van der Waals surface area (Å²) in [5.41, 5.74) is -3.12. The molecule has 30 heteroatoms. The molecule has 3 aromatic carbocycles. The zero-order valence-electron chi connectivity index (χ0n) is 62.5. The van der Waals surface area contributed by atoms with E-state index in [4.69, 9.17) is 84.7 Å². The minimum atomic E-state index is -1.27. The highest BCUT2D eigenvalue weighted by Gasteiger charge is 2.52. The number of carbonyl (C=O) groups is 11. The number of carboxylic acids is 1. The zero-order valence-corrected chi connectivity index (χ0v) is 66.3. The Labute approximate surface area is 632 Å². The summed E-state index contributed by atoms with van der Waals surface area (Å²) in [6.45, 7) is 20.0. The number of ether oxygens (including phenoxy) is 7. The van der Waals surface area contributed by atoms with Gasteiger partial charge in [-0.15, -0.1) is 12.4 Å². The van der Waals surface area contributed by atoms with Crippen LogP contribution in [0.3, 0.4) is 0 Å². The third-order valence-electron chi connectivity index (χ3n) is 17.6. The van der Waals surface area contributed by atoms with E-state index in [1.807, 2.05) is 19.9 Å². The van der Waals surface area contributed by atoms with Crippen LogP contribution in [0.2, 0.25) is 15.1 Å². The predicted octanol–water partition coefficient (Wildman–Crippen LogP) is 15.0. The van der Waals surface area contributed by atoms with Gasteiger partial charge in [-0.25, -0.2) is 33.6 Å². The molecule has 3 aromatic rings. The number of aliphatic carboxylic acids is 1. The fourth-order valence-corrected chi connectivity index (χ4v) is 13.5. The van der Waals surface area contributed by atoms with Crippen LogP contribution >= 0.6 is 58.8 Å². The molecule has 0 saturated heterocycles. The Hall–Kier alpha value is -7.16. The molecule has 0 spiro atoms. The van der Waals surface area contributed by atoms with E-state index in [0.717, 1.165) is 43.4 Å². The highest BCUT2D eigenvalue weighted by Crippen LogP contribution is 2.45. The Morgan fingerprint density at radius 1 is 0.466 bits per heavy atom. The maximum Gasteiger partial charge on any atom is 0.413 e. The second kappa shape index (κ2) is 41.5. The Morgan fingerprint density at radius 2 is 0.767 bits per heavy atom. The first-order chi connectivity index (χ1) is 47.6. The second-order valence-electron chi connectivity index (χ2n) is 28.0. The van der Waals surface area contributed by atoms with E-state index < -0.39 is 108 Å². The van der Waals surface area contributed by atoms with Gasteiger partial charge in [0.05, 0.1) is 0 Å². The molecule has 6 rings (SSSR count). The first kappa shape index (κ1) is 91.9. The summed E-state index contributed by atoms with van der Waals surface area (Å²) in [5.74, 6) is -2.95. The summed E-state index contributed by atoms with van der Waals surface area (Å²) in [6.07, 6.45) is 3.65. The number of carbonyl (C=O) groups excluding carboxylic acids is 10. The number of rotatable bonds is 20. The number of hydrogen-bond acceptors (Lipinski definition) is 19. The quantitative estimate of drug-likeness (QED) is 0.0459. The van der Waals surface area contributed by atoms with Crippen LogP contribution in [0.5, 0.6) is 0 Å². The van der Waals surface area contributed by atoms with E-state index in [0.29, 0.717) is 70.3 Å². The van der Waals surface area contributed by atoms with Crippen molar-refractivity contribution in [2.45, 2.75) is 206 Å². The van der Waals surface area contributed by atoms with Gasteiger partial charge in [0.2, 0.25) is 13.6 Å². The zero-order chi connectivity index (χ0) is 77.4. The number of esters is 2. The summed E-state index contributed by atoms with van der Waals surface area (Å²) in [5, 5.41) is 13.1. The van der Waals surface area contributed by atoms with Crippen molar-refractivity contribution in [1.29, 1.82) is 0 Å². The minimum Gasteiger partial charge on any atom is -0.480 e. The molecule has 103 heavy (non-hydrogen) atoms. The van der Waals surface area contributed by atoms with E-state index >= 15 is 0 Å². The highest BCUT2D eigenvalue weighted by atomic mass is 35.5. The lowest BCUT2D eigenvalue weighted by Gasteiger charge is -2.43. The number of hydrogen-bond donors (Lipinski definition) is 2. The van der Waals surface area contributed by atoms with Crippen LogP contribution in [-0.2, 0) is 78.5 Å². The number of alkyl halides is 1. The normalized spacial score (nSPS) is 18.9. The van der Waals surface area contributed by atoms with Crippen molar-refractivity contribution in [2.24, 2.45) is 17.8 Å². The van der Waals surface area contributed by atoms with E-state index in [1.54, 1.807) is 150 Å². The monoisotopic (exact) mass is 1540 g/mol. The number of nitrogens with zero attached hydrogens (tertiary/aromatic N) is 5. The maximum atomic E-state index is 13.2. The lowest BCUT2D eigenvalue weighted by molar-refractivity contribution is -0.161. The molecule has 5 amide bonds. The van der Waals surface area contributed by atoms with Gasteiger partial charge in [-0.3, -0.25) is 43.7 Å². The molecule has 0 unspecified atom stereocenters. The molecule has 3 saturated carbocycles. The summed E-state index contributed by atoms with van der Waals surface area (Å²) in [4.78, 5) is 143. The summed E-state index contributed by atoms with van der Waals surface area (Å²) < 4.78 is 35.9. The van der Waals surface area contributed by atoms with Crippen molar-refractivity contribution >= 4 is 125 Å². The number of Topliss-reactive ketones (excluding diaryl/α,β-unsaturated/α-hetero) is 3. The Morgan fingerprint density at radius 3 is 1.03 bits per heavy atom. The van der Waals surface area contributed by atoms with Gasteiger partial charge < -0.3 is 43.6 Å². The van der Waals surface area contributed by atoms with Gasteiger partial charge in [-0.05, 0) is 142 Å². The molecular formula is C73H105Cl5N6O19. The summed E-state index contributed by atoms with van der Waals surface area (Å²) >= 11 is 24.5. The van der Waals surface area contributed by atoms with Gasteiger partial charge in [0.15, 0.2) is 23.4 Å². The van der Waals surface area contributed by atoms with Crippen LogP contribution in [0.15, 0.2) is 72.8 Å². The van der Waals surface area contributed by atoms with Gasteiger partial charge in [-0.2, -0.15) is 0 Å². The third kappa shape index (κ3) is 24.5. The predicted molar refractivity (Wildman–Crippen MR) is 393 cm³/mol. The highest BCUT2D eigenvalue weighted by molar-refractivity contribution is 6.32. The molecule has 3 aliphatic rings. The van der Waals surface area contributed by atoms with Gasteiger partial charge in [0.25, 0.3) is 0 Å². The molecule has 576 valence electrons. The van der Waals surface area contributed by atoms with E-state index in [-0.39, 0.29) is 53.6 Å². The molecule has 0 aliphatic heterocycles. The number of nitrogens with one attached hydrogen (secondary N) is 1. The smallest absolute Gasteiger partial charge is 0.413 e. The van der Waals surface area contributed by atoms with Crippen LogP contribution in [-0.4, -0.2) is 187 Å². The van der Waals surface area contributed by atoms with Crippen molar-refractivity contribution in [3.8, 4) is 0 Å². The fourth-order valence-electron chi connectivity index (χ4n) is 12.5. The van der Waals surface area contributed by atoms with Gasteiger partial charge in [-0.1, -0.05) is 143 Å². The van der Waals surface area contributed by atoms with Crippen LogP contribution in [0, 0.1) is 17.8 Å². The SMILES string of the molecule is CC(C)[C@@H](C(=O)O)N(C)C(=O)OC(C)(C)C.CC(C)[C@@H](C(=O)OCOC(=O)N(C)[C@]1(c2ccccc2Cl)CCCCC1=O)N(C)C(=O)OC(C)(C)C.CN(C(=O)OCCl)[C@]1(c2ccccc2Cl)CCCCC1=O.CN[C@H](C(=O)OCOC(=O)N(C)[C@]1(c2ccccc2Cl)CCCCC1=O)C(C)C.Cl. The number of amides is 5. The standard InChI is InChI=1S/C26H37ClN2O7.C21H29ClN2O5.C15H17Cl2NO3.C11H21NO4.ClH/c1-17(2)21(28(6)23(32)36-25(3,4)5)22(31)34-16-35-24(33)29(7)26(15-11-10-14-20(26)30)18-12-8-9-13-19(18)27;1-14(2)18(23-3)19(26)28-13-29-20(27)24(4)21(12-8-7-11-17(21)25)15-9-5-6-10-16(15)22;1-18(14(20)21-10-16)15(9-5-4-8-13(15)19)11-6-2-3-7-12(11)17;1-7(2)8(9(13)14)12(6)10(15)16-11(3,4)5;/h8-9,12-13,17,21H,10-11,14-16H2,1-7H3;5-6,9-10,14,18,23H,7-8,11-13H2,1-4H3;2-3,6-7H,4-5,8-10H2,1H3;7-8H,1-6H3,(H,13,14);1H/t21-,26-;18-,21-;15-;8-;/m0000./s1. The van der Waals surface area contributed by atoms with Crippen LogP contribution < -0.4 is 5.32 Å².